The second-order valence-electron chi connectivity index (χ2n) is 6.04. The maximum atomic E-state index is 12.6. The van der Waals surface area contributed by atoms with Gasteiger partial charge in [0.15, 0.2) is 0 Å². The average Bonchev–Trinajstić information content (AvgIpc) is 3.10. The summed E-state index contributed by atoms with van der Waals surface area (Å²) < 4.78 is 11.1. The zero-order chi connectivity index (χ0) is 17.6. The highest BCUT2D eigenvalue weighted by molar-refractivity contribution is 5.96. The number of hydrogen-bond acceptors (Lipinski definition) is 4. The predicted octanol–water partition coefficient (Wildman–Crippen LogP) is 2.69. The lowest BCUT2D eigenvalue weighted by atomic mass is 10.2. The van der Waals surface area contributed by atoms with Crippen molar-refractivity contribution in [1.82, 2.24) is 4.90 Å². The third kappa shape index (κ3) is 4.06. The van der Waals surface area contributed by atoms with E-state index in [0.717, 1.165) is 17.6 Å². The van der Waals surface area contributed by atoms with Gasteiger partial charge in [0.05, 0.1) is 25.9 Å². The lowest BCUT2D eigenvalue weighted by Crippen LogP contribution is -2.36. The molecule has 1 amide bonds. The largest absolute Gasteiger partial charge is 0.497 e. The standard InChI is InChI=1S/C20H21NO4/c1-24-18-9-7-15(8-10-18)14-25-19-11-17(13-22)21(12-19)20(23)16-5-3-2-4-6-16/h2-10,13,17,19H,11-12,14H2,1H3/t17-,19+/m0/s1. The van der Waals surface area contributed by atoms with E-state index in [0.29, 0.717) is 25.1 Å². The molecule has 2 atom stereocenters. The van der Waals surface area contributed by atoms with Crippen LogP contribution in [-0.2, 0) is 16.1 Å². The second-order valence-corrected chi connectivity index (χ2v) is 6.04. The van der Waals surface area contributed by atoms with E-state index in [9.17, 15) is 9.59 Å². The number of ether oxygens (including phenoxy) is 2. The third-order valence-electron chi connectivity index (χ3n) is 4.39. The van der Waals surface area contributed by atoms with E-state index >= 15 is 0 Å². The highest BCUT2D eigenvalue weighted by Gasteiger charge is 2.35. The van der Waals surface area contributed by atoms with E-state index < -0.39 is 6.04 Å². The molecule has 130 valence electrons. The molecular formula is C20H21NO4. The molecule has 1 saturated heterocycles. The van der Waals surface area contributed by atoms with Gasteiger partial charge in [-0.05, 0) is 29.8 Å². The van der Waals surface area contributed by atoms with Gasteiger partial charge in [-0.15, -0.1) is 0 Å². The Hall–Kier alpha value is -2.66. The van der Waals surface area contributed by atoms with Crippen molar-refractivity contribution in [1.29, 1.82) is 0 Å². The monoisotopic (exact) mass is 339 g/mol. The number of carbonyl (C=O) groups is 2. The summed E-state index contributed by atoms with van der Waals surface area (Å²) in [5.41, 5.74) is 1.61. The molecule has 5 nitrogen and oxygen atoms in total. The molecule has 1 aliphatic heterocycles. The minimum Gasteiger partial charge on any atom is -0.497 e. The minimum absolute atomic E-state index is 0.131. The Bertz CT molecular complexity index is 714. The van der Waals surface area contributed by atoms with Crippen molar-refractivity contribution in [3.8, 4) is 5.75 Å². The van der Waals surface area contributed by atoms with Crippen molar-refractivity contribution in [2.45, 2.75) is 25.2 Å². The van der Waals surface area contributed by atoms with Gasteiger partial charge in [0.25, 0.3) is 5.91 Å². The summed E-state index contributed by atoms with van der Waals surface area (Å²) >= 11 is 0. The zero-order valence-corrected chi connectivity index (χ0v) is 14.1. The number of benzene rings is 2. The van der Waals surface area contributed by atoms with E-state index in [1.54, 1.807) is 24.1 Å². The van der Waals surface area contributed by atoms with Gasteiger partial charge >= 0.3 is 0 Å². The van der Waals surface area contributed by atoms with E-state index in [-0.39, 0.29) is 12.0 Å². The normalized spacial score (nSPS) is 19.6. The number of aldehydes is 1. The number of amides is 1. The molecule has 1 heterocycles. The lowest BCUT2D eigenvalue weighted by molar-refractivity contribution is -0.111. The summed E-state index contributed by atoms with van der Waals surface area (Å²) in [5, 5.41) is 0. The first-order valence-electron chi connectivity index (χ1n) is 8.27. The quantitative estimate of drug-likeness (QED) is 0.760. The predicted molar refractivity (Wildman–Crippen MR) is 93.5 cm³/mol. The topological polar surface area (TPSA) is 55.8 Å². The Labute approximate surface area is 147 Å². The summed E-state index contributed by atoms with van der Waals surface area (Å²) in [6.45, 7) is 0.862. The molecule has 2 aromatic rings. The van der Waals surface area contributed by atoms with E-state index in [2.05, 4.69) is 0 Å². The Kier molecular flexibility index (Phi) is 5.46. The van der Waals surface area contributed by atoms with Crippen molar-refractivity contribution < 1.29 is 19.1 Å². The minimum atomic E-state index is -0.437. The molecule has 1 aliphatic rings. The molecule has 0 aromatic heterocycles. The molecule has 0 radical (unpaired) electrons. The van der Waals surface area contributed by atoms with Crippen molar-refractivity contribution in [3.63, 3.8) is 0 Å². The first-order valence-corrected chi connectivity index (χ1v) is 8.27. The Morgan fingerprint density at radius 2 is 1.88 bits per heavy atom. The lowest BCUT2D eigenvalue weighted by Gasteiger charge is -2.20. The van der Waals surface area contributed by atoms with Gasteiger partial charge in [-0.1, -0.05) is 30.3 Å². The fourth-order valence-electron chi connectivity index (χ4n) is 2.99. The summed E-state index contributed by atoms with van der Waals surface area (Å²) in [7, 11) is 1.63. The fourth-order valence-corrected chi connectivity index (χ4v) is 2.99. The van der Waals surface area contributed by atoms with Gasteiger partial charge in [-0.25, -0.2) is 0 Å². The Balaban J connectivity index is 1.61. The van der Waals surface area contributed by atoms with Crippen LogP contribution >= 0.6 is 0 Å². The fraction of sp³-hybridized carbons (Fsp3) is 0.300. The van der Waals surface area contributed by atoms with E-state index in [1.165, 1.54) is 0 Å². The van der Waals surface area contributed by atoms with Crippen LogP contribution in [0.4, 0.5) is 0 Å². The van der Waals surface area contributed by atoms with Crippen LogP contribution in [-0.4, -0.2) is 42.9 Å². The van der Waals surface area contributed by atoms with Crippen LogP contribution in [0.3, 0.4) is 0 Å². The van der Waals surface area contributed by atoms with Gasteiger partial charge in [-0.3, -0.25) is 4.79 Å². The molecule has 0 spiro atoms. The van der Waals surface area contributed by atoms with Gasteiger partial charge in [0.2, 0.25) is 0 Å². The molecule has 0 saturated carbocycles. The molecule has 3 rings (SSSR count). The molecule has 1 fully saturated rings. The second kappa shape index (κ2) is 7.94. The number of methoxy groups -OCH3 is 1. The molecule has 0 aliphatic carbocycles. The van der Waals surface area contributed by atoms with Gasteiger partial charge < -0.3 is 19.2 Å². The maximum absolute atomic E-state index is 12.6. The highest BCUT2D eigenvalue weighted by atomic mass is 16.5. The van der Waals surface area contributed by atoms with Crippen LogP contribution in [0.5, 0.6) is 5.75 Å². The first-order chi connectivity index (χ1) is 12.2. The van der Waals surface area contributed by atoms with Gasteiger partial charge in [0, 0.05) is 18.5 Å². The molecular weight excluding hydrogens is 318 g/mol. The van der Waals surface area contributed by atoms with Crippen LogP contribution in [0.15, 0.2) is 54.6 Å². The van der Waals surface area contributed by atoms with Crippen LogP contribution < -0.4 is 4.74 Å². The van der Waals surface area contributed by atoms with Gasteiger partial charge in [0.1, 0.15) is 12.0 Å². The molecule has 0 unspecified atom stereocenters. The molecule has 25 heavy (non-hydrogen) atoms. The van der Waals surface area contributed by atoms with Crippen LogP contribution in [0.25, 0.3) is 0 Å². The summed E-state index contributed by atoms with van der Waals surface area (Å²) in [4.78, 5) is 25.6. The highest BCUT2D eigenvalue weighted by Crippen LogP contribution is 2.23. The Morgan fingerprint density at radius 3 is 2.52 bits per heavy atom. The van der Waals surface area contributed by atoms with Gasteiger partial charge in [-0.2, -0.15) is 0 Å². The third-order valence-corrected chi connectivity index (χ3v) is 4.39. The number of rotatable bonds is 6. The molecule has 2 aromatic carbocycles. The molecule has 5 heteroatoms. The van der Waals surface area contributed by atoms with E-state index in [4.69, 9.17) is 9.47 Å². The SMILES string of the molecule is COc1ccc(CO[C@@H]2C[C@@H](C=O)N(C(=O)c3ccccc3)C2)cc1. The number of likely N-dealkylation sites (tertiary alicyclic amines) is 1. The van der Waals surface area contributed by atoms with E-state index in [1.807, 2.05) is 42.5 Å². The summed E-state index contributed by atoms with van der Waals surface area (Å²) in [6, 6.07) is 16.2. The van der Waals surface area contributed by atoms with Crippen LogP contribution in [0.2, 0.25) is 0 Å². The Morgan fingerprint density at radius 1 is 1.16 bits per heavy atom. The number of carbonyl (C=O) groups excluding carboxylic acids is 2. The van der Waals surface area contributed by atoms with Crippen molar-refractivity contribution >= 4 is 12.2 Å². The van der Waals surface area contributed by atoms with Crippen LogP contribution in [0, 0.1) is 0 Å². The number of hydrogen-bond donors (Lipinski definition) is 0. The first kappa shape index (κ1) is 17.2. The van der Waals surface area contributed by atoms with Crippen molar-refractivity contribution in [2.75, 3.05) is 13.7 Å². The molecule has 0 bridgehead atoms. The smallest absolute Gasteiger partial charge is 0.254 e. The average molecular weight is 339 g/mol. The molecule has 0 N–H and O–H groups in total. The summed E-state index contributed by atoms with van der Waals surface area (Å²) in [5.74, 6) is 0.665. The van der Waals surface area contributed by atoms with Crippen molar-refractivity contribution in [3.05, 3.63) is 65.7 Å². The summed E-state index contributed by atoms with van der Waals surface area (Å²) in [6.07, 6.45) is 1.21. The van der Waals surface area contributed by atoms with Crippen molar-refractivity contribution in [2.24, 2.45) is 0 Å². The maximum Gasteiger partial charge on any atom is 0.254 e. The van der Waals surface area contributed by atoms with Crippen LogP contribution in [0.1, 0.15) is 22.3 Å². The zero-order valence-electron chi connectivity index (χ0n) is 14.1. The number of nitrogens with zero attached hydrogens (tertiary/aromatic N) is 1.